The average molecular weight is 300 g/mol. The van der Waals surface area contributed by atoms with E-state index in [9.17, 15) is 9.59 Å². The number of rotatable bonds is 5. The lowest BCUT2D eigenvalue weighted by Gasteiger charge is -2.33. The van der Waals surface area contributed by atoms with Gasteiger partial charge in [0.15, 0.2) is 5.60 Å². The lowest BCUT2D eigenvalue weighted by atomic mass is 9.77. The molecule has 22 heavy (non-hydrogen) atoms. The van der Waals surface area contributed by atoms with Gasteiger partial charge in [0.2, 0.25) is 5.78 Å². The predicted molar refractivity (Wildman–Crippen MR) is 82.5 cm³/mol. The van der Waals surface area contributed by atoms with Crippen molar-refractivity contribution in [2.45, 2.75) is 38.2 Å². The molecule has 2 aliphatic rings. The van der Waals surface area contributed by atoms with Gasteiger partial charge in [-0.05, 0) is 18.1 Å². The molecule has 1 atom stereocenters. The van der Waals surface area contributed by atoms with Crippen molar-refractivity contribution in [2.24, 2.45) is 0 Å². The highest BCUT2D eigenvalue weighted by atomic mass is 16.6. The monoisotopic (exact) mass is 300 g/mol. The Morgan fingerprint density at radius 3 is 2.82 bits per heavy atom. The number of ether oxygens (including phenoxy) is 2. The van der Waals surface area contributed by atoms with Crippen molar-refractivity contribution in [3.8, 4) is 0 Å². The first-order valence-electron chi connectivity index (χ1n) is 7.82. The van der Waals surface area contributed by atoms with Gasteiger partial charge < -0.3 is 9.47 Å². The Morgan fingerprint density at radius 2 is 2.09 bits per heavy atom. The number of fused-ring (bicyclic) bond motifs is 1. The quantitative estimate of drug-likeness (QED) is 0.619. The maximum absolute atomic E-state index is 12.9. The lowest BCUT2D eigenvalue weighted by molar-refractivity contribution is -0.143. The third kappa shape index (κ3) is 2.48. The number of hydrogen-bond acceptors (Lipinski definition) is 4. The Kier molecular flexibility index (Phi) is 4.12. The van der Waals surface area contributed by atoms with Crippen LogP contribution in [0.2, 0.25) is 0 Å². The Balaban J connectivity index is 1.93. The molecular weight excluding hydrogens is 280 g/mol. The summed E-state index contributed by atoms with van der Waals surface area (Å²) in [5.41, 5.74) is 1.11. The van der Waals surface area contributed by atoms with E-state index in [2.05, 4.69) is 6.92 Å². The first kappa shape index (κ1) is 15.0. The molecule has 1 spiro atoms. The molecule has 0 bridgehead atoms. The summed E-state index contributed by atoms with van der Waals surface area (Å²) < 4.78 is 11.2. The summed E-state index contributed by atoms with van der Waals surface area (Å²) in [5, 5.41) is 0. The van der Waals surface area contributed by atoms with Crippen LogP contribution in [0.4, 0.5) is 0 Å². The zero-order chi connectivity index (χ0) is 15.6. The van der Waals surface area contributed by atoms with E-state index in [1.54, 1.807) is 6.07 Å². The molecule has 0 saturated carbocycles. The predicted octanol–water partition coefficient (Wildman–Crippen LogP) is 3.16. The normalized spacial score (nSPS) is 23.4. The van der Waals surface area contributed by atoms with Crippen LogP contribution in [-0.4, -0.2) is 30.6 Å². The summed E-state index contributed by atoms with van der Waals surface area (Å²) >= 11 is 0. The van der Waals surface area contributed by atoms with Crippen LogP contribution in [0.5, 0.6) is 0 Å². The molecule has 1 aromatic carbocycles. The fraction of sp³-hybridized carbons (Fsp3) is 0.444. The van der Waals surface area contributed by atoms with Crippen molar-refractivity contribution in [1.82, 2.24) is 0 Å². The zero-order valence-corrected chi connectivity index (χ0v) is 12.8. The van der Waals surface area contributed by atoms with Gasteiger partial charge in [0.25, 0.3) is 0 Å². The molecule has 1 aromatic rings. The van der Waals surface area contributed by atoms with E-state index >= 15 is 0 Å². The third-order valence-electron chi connectivity index (χ3n) is 4.29. The number of ketones is 1. The Morgan fingerprint density at radius 1 is 1.27 bits per heavy atom. The van der Waals surface area contributed by atoms with Crippen LogP contribution in [0.15, 0.2) is 29.8 Å². The molecule has 1 heterocycles. The first-order valence-corrected chi connectivity index (χ1v) is 7.82. The summed E-state index contributed by atoms with van der Waals surface area (Å²) in [5.74, 6) is -0.433. The zero-order valence-electron chi connectivity index (χ0n) is 12.8. The Hall–Kier alpha value is -1.94. The molecule has 4 nitrogen and oxygen atoms in total. The number of benzene rings is 1. The minimum absolute atomic E-state index is 0.120. The van der Waals surface area contributed by atoms with Crippen LogP contribution in [0, 0.1) is 0 Å². The van der Waals surface area contributed by atoms with Gasteiger partial charge in [-0.15, -0.1) is 0 Å². The largest absolute Gasteiger partial charge is 0.446 e. The molecule has 1 fully saturated rings. The molecule has 0 amide bonds. The van der Waals surface area contributed by atoms with Gasteiger partial charge in [0, 0.05) is 24.2 Å². The highest BCUT2D eigenvalue weighted by Crippen LogP contribution is 2.41. The van der Waals surface area contributed by atoms with Crippen LogP contribution >= 0.6 is 0 Å². The van der Waals surface area contributed by atoms with Crippen molar-refractivity contribution in [3.63, 3.8) is 0 Å². The SMILES string of the molecule is CCCCOCC1=Cc2ccccc2C(=O)[C@]12CCC(=O)O2. The summed E-state index contributed by atoms with van der Waals surface area (Å²) in [6.45, 7) is 3.07. The molecule has 3 rings (SSSR count). The number of hydrogen-bond donors (Lipinski definition) is 0. The fourth-order valence-corrected chi connectivity index (χ4v) is 3.04. The Labute approximate surface area is 130 Å². The molecule has 0 aromatic heterocycles. The Bertz CT molecular complexity index is 632. The number of carbonyl (C=O) groups excluding carboxylic acids is 2. The highest BCUT2D eigenvalue weighted by molar-refractivity contribution is 6.12. The minimum atomic E-state index is -1.14. The third-order valence-corrected chi connectivity index (χ3v) is 4.29. The molecule has 116 valence electrons. The van der Waals surface area contributed by atoms with Crippen molar-refractivity contribution in [1.29, 1.82) is 0 Å². The summed E-state index contributed by atoms with van der Waals surface area (Å²) in [6.07, 6.45) is 4.66. The van der Waals surface area contributed by atoms with E-state index in [0.29, 0.717) is 25.2 Å². The maximum atomic E-state index is 12.9. The minimum Gasteiger partial charge on any atom is -0.446 e. The second-order valence-corrected chi connectivity index (χ2v) is 5.79. The molecular formula is C18H20O4. The molecule has 1 saturated heterocycles. The molecule has 0 unspecified atom stereocenters. The van der Waals surface area contributed by atoms with Crippen molar-refractivity contribution < 1.29 is 19.1 Å². The molecule has 1 aliphatic carbocycles. The van der Waals surface area contributed by atoms with Crippen LogP contribution < -0.4 is 0 Å². The van der Waals surface area contributed by atoms with Gasteiger partial charge in [0.05, 0.1) is 13.0 Å². The van der Waals surface area contributed by atoms with Crippen molar-refractivity contribution in [3.05, 3.63) is 41.0 Å². The number of esters is 1. The average Bonchev–Trinajstić information content (AvgIpc) is 2.92. The van der Waals surface area contributed by atoms with E-state index in [1.807, 2.05) is 24.3 Å². The topological polar surface area (TPSA) is 52.6 Å². The fourth-order valence-electron chi connectivity index (χ4n) is 3.04. The first-order chi connectivity index (χ1) is 10.7. The molecule has 0 N–H and O–H groups in total. The van der Waals surface area contributed by atoms with Gasteiger partial charge in [-0.1, -0.05) is 37.6 Å². The van der Waals surface area contributed by atoms with E-state index in [-0.39, 0.29) is 18.2 Å². The smallest absolute Gasteiger partial charge is 0.307 e. The number of unbranched alkanes of at least 4 members (excludes halogenated alkanes) is 1. The van der Waals surface area contributed by atoms with Gasteiger partial charge in [-0.3, -0.25) is 9.59 Å². The number of Topliss-reactive ketones (excluding diaryl/α,β-unsaturated/α-hetero) is 1. The van der Waals surface area contributed by atoms with E-state index in [4.69, 9.17) is 9.47 Å². The molecule has 0 radical (unpaired) electrons. The summed E-state index contributed by atoms with van der Waals surface area (Å²) in [6, 6.07) is 7.42. The van der Waals surface area contributed by atoms with Gasteiger partial charge in [-0.2, -0.15) is 0 Å². The highest BCUT2D eigenvalue weighted by Gasteiger charge is 2.52. The molecule has 4 heteroatoms. The van der Waals surface area contributed by atoms with E-state index < -0.39 is 5.60 Å². The van der Waals surface area contributed by atoms with E-state index in [1.165, 1.54) is 0 Å². The van der Waals surface area contributed by atoms with Crippen molar-refractivity contribution >= 4 is 17.8 Å². The van der Waals surface area contributed by atoms with Crippen LogP contribution in [0.25, 0.3) is 6.08 Å². The second-order valence-electron chi connectivity index (χ2n) is 5.79. The second kappa shape index (κ2) is 6.05. The van der Waals surface area contributed by atoms with Gasteiger partial charge >= 0.3 is 5.97 Å². The standard InChI is InChI=1S/C18H20O4/c1-2-3-10-21-12-14-11-13-6-4-5-7-15(13)17(20)18(14)9-8-16(19)22-18/h4-7,11H,2-3,8-10,12H2,1H3/t18-/m0/s1. The summed E-state index contributed by atoms with van der Waals surface area (Å²) in [4.78, 5) is 24.6. The van der Waals surface area contributed by atoms with Crippen LogP contribution in [-0.2, 0) is 14.3 Å². The number of carbonyl (C=O) groups is 2. The van der Waals surface area contributed by atoms with Crippen LogP contribution in [0.3, 0.4) is 0 Å². The van der Waals surface area contributed by atoms with Crippen LogP contribution in [0.1, 0.15) is 48.5 Å². The van der Waals surface area contributed by atoms with E-state index in [0.717, 1.165) is 24.0 Å². The lowest BCUT2D eigenvalue weighted by Crippen LogP contribution is -2.44. The maximum Gasteiger partial charge on any atom is 0.307 e. The van der Waals surface area contributed by atoms with Gasteiger partial charge in [0.1, 0.15) is 0 Å². The molecule has 1 aliphatic heterocycles. The van der Waals surface area contributed by atoms with Gasteiger partial charge in [-0.25, -0.2) is 0 Å². The summed E-state index contributed by atoms with van der Waals surface area (Å²) in [7, 11) is 0. The van der Waals surface area contributed by atoms with Crippen molar-refractivity contribution in [2.75, 3.05) is 13.2 Å².